The van der Waals surface area contributed by atoms with E-state index >= 15 is 0 Å². The number of hydrogen-bond donors (Lipinski definition) is 0. The number of rotatable bonds is 2. The van der Waals surface area contributed by atoms with Crippen LogP contribution < -0.4 is 4.74 Å². The van der Waals surface area contributed by atoms with Gasteiger partial charge in [0, 0.05) is 11.3 Å². The van der Waals surface area contributed by atoms with Crippen molar-refractivity contribution < 1.29 is 13.9 Å². The Balaban J connectivity index is 1.93. The number of carbonyl (C=O) groups excluding carboxylic acids is 1. The van der Waals surface area contributed by atoms with Crippen molar-refractivity contribution in [3.05, 3.63) is 65.0 Å². The number of Topliss-reactive ketones (excluding diaryl/α,β-unsaturated/α-hetero) is 1. The molecule has 0 aliphatic carbocycles. The molecule has 1 aliphatic rings. The van der Waals surface area contributed by atoms with Gasteiger partial charge in [0.15, 0.2) is 5.78 Å². The maximum Gasteiger partial charge on any atom is 0.180 e. The lowest BCUT2D eigenvalue weighted by Gasteiger charge is -2.23. The minimum Gasteiger partial charge on any atom is -0.497 e. The first-order valence-corrected chi connectivity index (χ1v) is 7.32. The molecular formula is C16H13FO2S. The average Bonchev–Trinajstić information content (AvgIpc) is 2.48. The number of hydrogen-bond acceptors (Lipinski definition) is 3. The number of carbonyl (C=O) groups is 1. The third-order valence-corrected chi connectivity index (χ3v) is 4.69. The normalized spacial score (nSPS) is 17.7. The van der Waals surface area contributed by atoms with Gasteiger partial charge in [0.25, 0.3) is 0 Å². The van der Waals surface area contributed by atoms with Gasteiger partial charge in [-0.05, 0) is 41.5 Å². The highest BCUT2D eigenvalue weighted by molar-refractivity contribution is 7.99. The van der Waals surface area contributed by atoms with Gasteiger partial charge < -0.3 is 4.74 Å². The predicted octanol–water partition coefficient (Wildman–Crippen LogP) is 4.01. The summed E-state index contributed by atoms with van der Waals surface area (Å²) in [5.74, 6) is 1.17. The molecular weight excluding hydrogens is 275 g/mol. The Hall–Kier alpha value is -1.81. The molecule has 1 aliphatic heterocycles. The minimum absolute atomic E-state index is 0.0430. The van der Waals surface area contributed by atoms with E-state index in [1.807, 2.05) is 24.3 Å². The molecule has 2 aromatic rings. The van der Waals surface area contributed by atoms with E-state index in [0.717, 1.165) is 16.9 Å². The van der Waals surface area contributed by atoms with Crippen LogP contribution in [0.15, 0.2) is 42.5 Å². The molecule has 0 aromatic heterocycles. The number of fused-ring (bicyclic) bond motifs is 1. The van der Waals surface area contributed by atoms with Crippen molar-refractivity contribution in [2.75, 3.05) is 7.11 Å². The Morgan fingerprint density at radius 3 is 2.65 bits per heavy atom. The number of methoxy groups -OCH3 is 1. The number of halogens is 1. The zero-order valence-corrected chi connectivity index (χ0v) is 11.7. The Labute approximate surface area is 121 Å². The summed E-state index contributed by atoms with van der Waals surface area (Å²) in [5, 5.41) is -0.223. The Bertz CT molecular complexity index is 652. The first-order chi connectivity index (χ1) is 9.69. The van der Waals surface area contributed by atoms with E-state index in [4.69, 9.17) is 4.74 Å². The molecule has 20 heavy (non-hydrogen) atoms. The monoisotopic (exact) mass is 288 g/mol. The number of benzene rings is 2. The lowest BCUT2D eigenvalue weighted by atomic mass is 9.98. The van der Waals surface area contributed by atoms with Gasteiger partial charge >= 0.3 is 0 Å². The summed E-state index contributed by atoms with van der Waals surface area (Å²) in [5.41, 5.74) is 2.37. The van der Waals surface area contributed by atoms with Crippen LogP contribution in [0.2, 0.25) is 0 Å². The van der Waals surface area contributed by atoms with Crippen LogP contribution in [0.25, 0.3) is 0 Å². The summed E-state index contributed by atoms with van der Waals surface area (Å²) >= 11 is 1.53. The fraction of sp³-hybridized carbons (Fsp3) is 0.188. The van der Waals surface area contributed by atoms with Crippen molar-refractivity contribution in [3.8, 4) is 5.75 Å². The topological polar surface area (TPSA) is 26.3 Å². The van der Waals surface area contributed by atoms with E-state index in [1.165, 1.54) is 23.9 Å². The molecule has 3 rings (SSSR count). The highest BCUT2D eigenvalue weighted by Crippen LogP contribution is 2.40. The molecule has 0 saturated heterocycles. The van der Waals surface area contributed by atoms with Crippen LogP contribution in [0.1, 0.15) is 26.7 Å². The maximum atomic E-state index is 13.2. The van der Waals surface area contributed by atoms with Crippen molar-refractivity contribution in [1.82, 2.24) is 0 Å². The van der Waals surface area contributed by atoms with Crippen molar-refractivity contribution >= 4 is 17.5 Å². The van der Waals surface area contributed by atoms with Gasteiger partial charge in [-0.3, -0.25) is 4.79 Å². The van der Waals surface area contributed by atoms with Crippen molar-refractivity contribution in [3.63, 3.8) is 0 Å². The van der Waals surface area contributed by atoms with E-state index in [0.29, 0.717) is 11.3 Å². The summed E-state index contributed by atoms with van der Waals surface area (Å²) in [6.07, 6.45) is 0. The smallest absolute Gasteiger partial charge is 0.180 e. The quantitative estimate of drug-likeness (QED) is 0.835. The summed E-state index contributed by atoms with van der Waals surface area (Å²) in [7, 11) is 1.61. The fourth-order valence-electron chi connectivity index (χ4n) is 2.34. The summed E-state index contributed by atoms with van der Waals surface area (Å²) in [6, 6.07) is 11.9. The van der Waals surface area contributed by atoms with Gasteiger partial charge in [0.1, 0.15) is 11.6 Å². The van der Waals surface area contributed by atoms with Gasteiger partial charge in [0.2, 0.25) is 0 Å². The van der Waals surface area contributed by atoms with Crippen LogP contribution in [-0.4, -0.2) is 12.9 Å². The van der Waals surface area contributed by atoms with Gasteiger partial charge in [-0.2, -0.15) is 0 Å². The second-order valence-corrected chi connectivity index (χ2v) is 5.72. The fourth-order valence-corrected chi connectivity index (χ4v) is 3.55. The number of ketones is 1. The van der Waals surface area contributed by atoms with Crippen LogP contribution in [0, 0.1) is 5.82 Å². The van der Waals surface area contributed by atoms with Gasteiger partial charge in [-0.1, -0.05) is 12.1 Å². The van der Waals surface area contributed by atoms with Crippen molar-refractivity contribution in [1.29, 1.82) is 0 Å². The molecule has 1 unspecified atom stereocenters. The summed E-state index contributed by atoms with van der Waals surface area (Å²) in [6.45, 7) is 0. The third kappa shape index (κ3) is 2.31. The third-order valence-electron chi connectivity index (χ3n) is 3.39. The summed E-state index contributed by atoms with van der Waals surface area (Å²) < 4.78 is 18.3. The van der Waals surface area contributed by atoms with Gasteiger partial charge in [0.05, 0.1) is 12.4 Å². The standard InChI is InChI=1S/C16H13FO2S/c1-19-13-5-2-10(3-6-13)16-15(18)14-7-4-12(17)8-11(14)9-20-16/h2-8,16H,9H2,1H3. The Morgan fingerprint density at radius 1 is 1.20 bits per heavy atom. The van der Waals surface area contributed by atoms with E-state index in [9.17, 15) is 9.18 Å². The van der Waals surface area contributed by atoms with Crippen LogP contribution in [0.3, 0.4) is 0 Å². The highest BCUT2D eigenvalue weighted by Gasteiger charge is 2.29. The zero-order chi connectivity index (χ0) is 14.1. The molecule has 4 heteroatoms. The van der Waals surface area contributed by atoms with Crippen molar-refractivity contribution in [2.24, 2.45) is 0 Å². The lowest BCUT2D eigenvalue weighted by Crippen LogP contribution is -2.17. The molecule has 1 heterocycles. The lowest BCUT2D eigenvalue weighted by molar-refractivity contribution is 0.0987. The minimum atomic E-state index is -0.292. The second kappa shape index (κ2) is 5.29. The SMILES string of the molecule is COc1ccc(C2SCc3cc(F)ccc3C2=O)cc1. The predicted molar refractivity (Wildman–Crippen MR) is 77.8 cm³/mol. The van der Waals surface area contributed by atoms with E-state index in [1.54, 1.807) is 13.2 Å². The highest BCUT2D eigenvalue weighted by atomic mass is 32.2. The summed E-state index contributed by atoms with van der Waals surface area (Å²) in [4.78, 5) is 12.5. The van der Waals surface area contributed by atoms with Gasteiger partial charge in [-0.15, -0.1) is 11.8 Å². The Morgan fingerprint density at radius 2 is 1.95 bits per heavy atom. The molecule has 102 valence electrons. The van der Waals surface area contributed by atoms with Crippen LogP contribution in [-0.2, 0) is 5.75 Å². The number of ether oxygens (including phenoxy) is 1. The first-order valence-electron chi connectivity index (χ1n) is 6.27. The van der Waals surface area contributed by atoms with Crippen LogP contribution in [0.4, 0.5) is 4.39 Å². The molecule has 0 fully saturated rings. The van der Waals surface area contributed by atoms with Crippen LogP contribution >= 0.6 is 11.8 Å². The van der Waals surface area contributed by atoms with Crippen LogP contribution in [0.5, 0.6) is 5.75 Å². The molecule has 2 nitrogen and oxygen atoms in total. The zero-order valence-electron chi connectivity index (χ0n) is 10.9. The van der Waals surface area contributed by atoms with Crippen molar-refractivity contribution in [2.45, 2.75) is 11.0 Å². The molecule has 0 amide bonds. The average molecular weight is 288 g/mol. The maximum absolute atomic E-state index is 13.2. The van der Waals surface area contributed by atoms with Gasteiger partial charge in [-0.25, -0.2) is 4.39 Å². The Kier molecular flexibility index (Phi) is 3.49. The molecule has 0 bridgehead atoms. The second-order valence-electron chi connectivity index (χ2n) is 4.63. The molecule has 0 saturated carbocycles. The largest absolute Gasteiger partial charge is 0.497 e. The molecule has 1 atom stereocenters. The molecule has 0 radical (unpaired) electrons. The van der Waals surface area contributed by atoms with E-state index < -0.39 is 0 Å². The molecule has 0 N–H and O–H groups in total. The number of thioether (sulfide) groups is 1. The molecule has 2 aromatic carbocycles. The molecule has 0 spiro atoms. The van der Waals surface area contributed by atoms with E-state index in [-0.39, 0.29) is 16.9 Å². The first kappa shape index (κ1) is 13.2. The van der Waals surface area contributed by atoms with E-state index in [2.05, 4.69) is 0 Å².